The van der Waals surface area contributed by atoms with Gasteiger partial charge < -0.3 is 15.3 Å². The summed E-state index contributed by atoms with van der Waals surface area (Å²) in [5.74, 6) is -10.3. The van der Waals surface area contributed by atoms with Gasteiger partial charge in [-0.2, -0.15) is 8.78 Å². The molecule has 10 heteroatoms. The molecule has 0 radical (unpaired) electrons. The normalized spacial score (nSPS) is 21.9. The number of anilines is 1. The number of alkyl halides is 2. The van der Waals surface area contributed by atoms with Gasteiger partial charge in [-0.05, 0) is 74.6 Å². The van der Waals surface area contributed by atoms with Crippen LogP contribution in [0.4, 0.5) is 23.2 Å². The lowest BCUT2D eigenvalue weighted by molar-refractivity contribution is -0.167. The molecule has 1 unspecified atom stereocenters. The fourth-order valence-corrected chi connectivity index (χ4v) is 4.82. The second kappa shape index (κ2) is 8.73. The van der Waals surface area contributed by atoms with E-state index in [9.17, 15) is 28.3 Å². The number of benzene rings is 2. The molecule has 2 aliphatic heterocycles. The van der Waals surface area contributed by atoms with Crippen molar-refractivity contribution in [3.05, 3.63) is 64.7 Å². The van der Waals surface area contributed by atoms with Gasteiger partial charge >= 0.3 is 11.9 Å². The van der Waals surface area contributed by atoms with Crippen molar-refractivity contribution in [3.8, 4) is 0 Å². The Morgan fingerprint density at radius 1 is 1.00 bits per heavy atom. The lowest BCUT2D eigenvalue weighted by atomic mass is 9.90. The molecule has 2 amide bonds. The van der Waals surface area contributed by atoms with E-state index >= 15 is 8.78 Å². The molecule has 0 saturated carbocycles. The Morgan fingerprint density at radius 3 is 2.21 bits per heavy atom. The van der Waals surface area contributed by atoms with E-state index in [4.69, 9.17) is 0 Å². The highest BCUT2D eigenvalue weighted by molar-refractivity contribution is 6.04. The van der Waals surface area contributed by atoms with Crippen molar-refractivity contribution < 1.29 is 37.1 Å². The van der Waals surface area contributed by atoms with Gasteiger partial charge in [0.25, 0.3) is 11.8 Å². The number of carbonyl (C=O) groups is 3. The standard InChI is InChI=1S/C24H22F4N2O4/c1-12-8-15(3-7-19(12)25)29-21(31)13-2-6-20(26)18(11-13)24(27,28)23(34)30-16-4-5-17(30)10-14(9-16)22(32)33/h2-3,6-8,11,14,16-17H,4-5,9-10H2,1H3,(H,29,31)(H,32,33)/t14-,16-,17?/m1/s1. The maximum atomic E-state index is 15.3. The second-order valence-corrected chi connectivity index (χ2v) is 8.79. The first-order valence-electron chi connectivity index (χ1n) is 10.8. The van der Waals surface area contributed by atoms with Crippen LogP contribution in [0.15, 0.2) is 36.4 Å². The average molecular weight is 478 g/mol. The molecule has 0 aromatic heterocycles. The minimum absolute atomic E-state index is 0.0651. The topological polar surface area (TPSA) is 86.7 Å². The molecule has 180 valence electrons. The monoisotopic (exact) mass is 478 g/mol. The highest BCUT2D eigenvalue weighted by Crippen LogP contribution is 2.43. The van der Waals surface area contributed by atoms with Crippen LogP contribution in [-0.2, 0) is 15.5 Å². The molecule has 2 aliphatic rings. The molecule has 4 rings (SSSR count). The Kier molecular flexibility index (Phi) is 6.09. The molecule has 2 N–H and O–H groups in total. The van der Waals surface area contributed by atoms with E-state index in [0.717, 1.165) is 17.0 Å². The molecule has 2 bridgehead atoms. The minimum Gasteiger partial charge on any atom is -0.481 e. The summed E-state index contributed by atoms with van der Waals surface area (Å²) in [6, 6.07) is 4.79. The predicted octanol–water partition coefficient (Wildman–Crippen LogP) is 4.47. The van der Waals surface area contributed by atoms with Crippen LogP contribution in [-0.4, -0.2) is 39.9 Å². The van der Waals surface area contributed by atoms with Crippen LogP contribution in [0.2, 0.25) is 0 Å². The Labute approximate surface area is 192 Å². The predicted molar refractivity (Wildman–Crippen MR) is 113 cm³/mol. The Bertz CT molecular complexity index is 1160. The van der Waals surface area contributed by atoms with Gasteiger partial charge in [0.2, 0.25) is 0 Å². The summed E-state index contributed by atoms with van der Waals surface area (Å²) in [6.45, 7) is 1.49. The maximum Gasteiger partial charge on any atom is 0.352 e. The minimum atomic E-state index is -4.26. The number of nitrogens with zero attached hydrogens (tertiary/aromatic N) is 1. The van der Waals surface area contributed by atoms with Gasteiger partial charge in [-0.25, -0.2) is 8.78 Å². The number of carboxylic acids is 1. The largest absolute Gasteiger partial charge is 0.481 e. The Morgan fingerprint density at radius 2 is 1.62 bits per heavy atom. The molecule has 0 spiro atoms. The van der Waals surface area contributed by atoms with Gasteiger partial charge in [0.05, 0.1) is 11.5 Å². The Balaban J connectivity index is 1.58. The van der Waals surface area contributed by atoms with Gasteiger partial charge in [0.1, 0.15) is 11.6 Å². The molecular formula is C24H22F4N2O4. The smallest absolute Gasteiger partial charge is 0.352 e. The molecule has 34 heavy (non-hydrogen) atoms. The number of hydrogen-bond donors (Lipinski definition) is 2. The summed E-state index contributed by atoms with van der Waals surface area (Å²) in [4.78, 5) is 37.8. The number of carbonyl (C=O) groups excluding carboxylic acids is 2. The maximum absolute atomic E-state index is 15.3. The van der Waals surface area contributed by atoms with Crippen molar-refractivity contribution >= 4 is 23.5 Å². The Hall–Kier alpha value is -3.43. The van der Waals surface area contributed by atoms with Crippen molar-refractivity contribution in [2.75, 3.05) is 5.32 Å². The van der Waals surface area contributed by atoms with E-state index in [0.29, 0.717) is 25.0 Å². The third kappa shape index (κ3) is 4.24. The number of nitrogens with one attached hydrogen (secondary N) is 1. The third-order valence-electron chi connectivity index (χ3n) is 6.57. The van der Waals surface area contributed by atoms with Crippen LogP contribution in [0.1, 0.15) is 47.2 Å². The van der Waals surface area contributed by atoms with Gasteiger partial charge in [-0.15, -0.1) is 0 Å². The summed E-state index contributed by atoms with van der Waals surface area (Å²) >= 11 is 0. The molecular weight excluding hydrogens is 456 g/mol. The quantitative estimate of drug-likeness (QED) is 0.621. The first-order valence-corrected chi connectivity index (χ1v) is 10.8. The van der Waals surface area contributed by atoms with Crippen molar-refractivity contribution in [2.24, 2.45) is 5.92 Å². The average Bonchev–Trinajstić information content (AvgIpc) is 3.04. The number of amides is 2. The van der Waals surface area contributed by atoms with Gasteiger partial charge in [-0.1, -0.05) is 0 Å². The molecule has 2 aromatic rings. The van der Waals surface area contributed by atoms with Crippen LogP contribution in [0, 0.1) is 24.5 Å². The molecule has 0 aliphatic carbocycles. The number of halogens is 4. The number of piperidine rings is 1. The van der Waals surface area contributed by atoms with E-state index in [1.165, 1.54) is 19.1 Å². The first kappa shape index (κ1) is 23.7. The van der Waals surface area contributed by atoms with E-state index < -0.39 is 58.9 Å². The summed E-state index contributed by atoms with van der Waals surface area (Å²) < 4.78 is 58.4. The lowest BCUT2D eigenvalue weighted by Gasteiger charge is -2.39. The SMILES string of the molecule is Cc1cc(NC(=O)c2ccc(F)c(C(F)(F)C(=O)N3C4CC[C@@H]3C[C@@H](C(=O)O)C4)c2)ccc1F. The molecule has 3 atom stereocenters. The zero-order chi connectivity index (χ0) is 24.8. The van der Waals surface area contributed by atoms with E-state index in [1.807, 2.05) is 0 Å². The number of aliphatic carboxylic acids is 1. The van der Waals surface area contributed by atoms with E-state index in [-0.39, 0.29) is 29.7 Å². The highest BCUT2D eigenvalue weighted by atomic mass is 19.3. The number of carboxylic acid groups (broad SMARTS) is 1. The lowest BCUT2D eigenvalue weighted by Crippen LogP contribution is -2.52. The summed E-state index contributed by atoms with van der Waals surface area (Å²) in [5.41, 5.74) is -1.06. The van der Waals surface area contributed by atoms with Crippen molar-refractivity contribution in [3.63, 3.8) is 0 Å². The summed E-state index contributed by atoms with van der Waals surface area (Å²) in [7, 11) is 0. The number of fused-ring (bicyclic) bond motifs is 2. The summed E-state index contributed by atoms with van der Waals surface area (Å²) in [5, 5.41) is 11.7. The molecule has 6 nitrogen and oxygen atoms in total. The van der Waals surface area contributed by atoms with Crippen LogP contribution in [0.3, 0.4) is 0 Å². The third-order valence-corrected chi connectivity index (χ3v) is 6.57. The van der Waals surface area contributed by atoms with Gasteiger partial charge in [0.15, 0.2) is 0 Å². The number of rotatable bonds is 5. The van der Waals surface area contributed by atoms with Crippen LogP contribution < -0.4 is 5.32 Å². The van der Waals surface area contributed by atoms with Crippen molar-refractivity contribution in [2.45, 2.75) is 50.6 Å². The van der Waals surface area contributed by atoms with Gasteiger partial charge in [-0.3, -0.25) is 14.4 Å². The molecule has 2 heterocycles. The summed E-state index contributed by atoms with van der Waals surface area (Å²) in [6.07, 6.45) is 0.932. The molecule has 2 aromatic carbocycles. The van der Waals surface area contributed by atoms with E-state index in [1.54, 1.807) is 0 Å². The van der Waals surface area contributed by atoms with Crippen LogP contribution >= 0.6 is 0 Å². The van der Waals surface area contributed by atoms with Crippen LogP contribution in [0.25, 0.3) is 0 Å². The first-order chi connectivity index (χ1) is 16.0. The van der Waals surface area contributed by atoms with Crippen molar-refractivity contribution in [1.29, 1.82) is 0 Å². The van der Waals surface area contributed by atoms with Gasteiger partial charge in [0, 0.05) is 23.3 Å². The van der Waals surface area contributed by atoms with Crippen molar-refractivity contribution in [1.82, 2.24) is 4.90 Å². The fourth-order valence-electron chi connectivity index (χ4n) is 4.82. The zero-order valence-corrected chi connectivity index (χ0v) is 18.2. The second-order valence-electron chi connectivity index (χ2n) is 8.79. The van der Waals surface area contributed by atoms with Crippen LogP contribution in [0.5, 0.6) is 0 Å². The van der Waals surface area contributed by atoms with E-state index in [2.05, 4.69) is 5.32 Å². The number of aryl methyl sites for hydroxylation is 1. The fraction of sp³-hybridized carbons (Fsp3) is 0.375. The molecule has 2 fully saturated rings. The molecule has 2 saturated heterocycles. The highest BCUT2D eigenvalue weighted by Gasteiger charge is 2.54. The zero-order valence-electron chi connectivity index (χ0n) is 18.2. The number of hydrogen-bond acceptors (Lipinski definition) is 3.